The molecule has 2 aromatic rings. The van der Waals surface area contributed by atoms with Gasteiger partial charge in [0, 0.05) is 31.4 Å². The molecule has 0 atom stereocenters. The van der Waals surface area contributed by atoms with E-state index >= 15 is 0 Å². The number of nitrogens with two attached hydrogens (primary N) is 1. The van der Waals surface area contributed by atoms with Crippen LogP contribution in [-0.2, 0) is 0 Å². The van der Waals surface area contributed by atoms with Crippen molar-refractivity contribution in [2.45, 2.75) is 18.9 Å². The van der Waals surface area contributed by atoms with Gasteiger partial charge in [-0.1, -0.05) is 12.1 Å². The van der Waals surface area contributed by atoms with Gasteiger partial charge in [-0.05, 0) is 25.0 Å². The average molecular weight is 242 g/mol. The Hall–Kier alpha value is -1.97. The summed E-state index contributed by atoms with van der Waals surface area (Å²) in [6.07, 6.45) is 4.31. The number of imidazole rings is 1. The second kappa shape index (κ2) is 4.05. The molecule has 1 fully saturated rings. The van der Waals surface area contributed by atoms with E-state index in [9.17, 15) is 0 Å². The Balaban J connectivity index is 1.94. The van der Waals surface area contributed by atoms with Crippen LogP contribution in [0.2, 0.25) is 0 Å². The Morgan fingerprint density at radius 3 is 2.44 bits per heavy atom. The zero-order valence-electron chi connectivity index (χ0n) is 10.8. The van der Waals surface area contributed by atoms with Gasteiger partial charge < -0.3 is 15.2 Å². The van der Waals surface area contributed by atoms with E-state index in [4.69, 9.17) is 5.73 Å². The van der Waals surface area contributed by atoms with E-state index in [1.165, 1.54) is 18.5 Å². The number of aromatic nitrogens is 2. The highest BCUT2D eigenvalue weighted by Gasteiger charge is 2.26. The van der Waals surface area contributed by atoms with Crippen molar-refractivity contribution in [2.75, 3.05) is 24.7 Å². The number of nitrogen functional groups attached to an aromatic ring is 1. The Bertz CT molecular complexity index is 550. The van der Waals surface area contributed by atoms with E-state index in [0.29, 0.717) is 6.04 Å². The number of nitrogens with zero attached hydrogens (tertiary/aromatic N) is 3. The van der Waals surface area contributed by atoms with E-state index in [1.807, 2.05) is 20.4 Å². The molecule has 1 aromatic heterocycles. The van der Waals surface area contributed by atoms with Crippen molar-refractivity contribution < 1.29 is 0 Å². The molecule has 0 saturated heterocycles. The Morgan fingerprint density at radius 1 is 1.22 bits per heavy atom. The van der Waals surface area contributed by atoms with Gasteiger partial charge in [0.25, 0.3) is 0 Å². The SMILES string of the molecule is CN(C)c1ccc(-c2ncn(C3CC3)c2N)cc1. The molecule has 0 bridgehead atoms. The molecule has 1 heterocycles. The van der Waals surface area contributed by atoms with Crippen LogP contribution in [0.25, 0.3) is 11.3 Å². The van der Waals surface area contributed by atoms with Gasteiger partial charge in [-0.15, -0.1) is 0 Å². The van der Waals surface area contributed by atoms with Crippen LogP contribution in [0.1, 0.15) is 18.9 Å². The predicted octanol–water partition coefficient (Wildman–Crippen LogP) is 2.53. The summed E-state index contributed by atoms with van der Waals surface area (Å²) >= 11 is 0. The molecule has 18 heavy (non-hydrogen) atoms. The van der Waals surface area contributed by atoms with Crippen molar-refractivity contribution in [1.82, 2.24) is 9.55 Å². The lowest BCUT2D eigenvalue weighted by Gasteiger charge is -2.12. The summed E-state index contributed by atoms with van der Waals surface area (Å²) in [7, 11) is 4.07. The third kappa shape index (κ3) is 1.83. The van der Waals surface area contributed by atoms with Crippen LogP contribution < -0.4 is 10.6 Å². The Labute approximate surface area is 107 Å². The first-order valence-corrected chi connectivity index (χ1v) is 6.27. The molecule has 1 aliphatic carbocycles. The summed E-state index contributed by atoms with van der Waals surface area (Å²) in [5, 5.41) is 0. The third-order valence-corrected chi connectivity index (χ3v) is 3.43. The fourth-order valence-electron chi connectivity index (χ4n) is 2.15. The topological polar surface area (TPSA) is 47.1 Å². The van der Waals surface area contributed by atoms with Crippen molar-refractivity contribution in [3.63, 3.8) is 0 Å². The normalized spacial score (nSPS) is 14.8. The summed E-state index contributed by atoms with van der Waals surface area (Å²) in [5.74, 6) is 0.787. The lowest BCUT2D eigenvalue weighted by Crippen LogP contribution is -2.08. The van der Waals surface area contributed by atoms with E-state index in [2.05, 4.69) is 38.7 Å². The van der Waals surface area contributed by atoms with Gasteiger partial charge >= 0.3 is 0 Å². The lowest BCUT2D eigenvalue weighted by atomic mass is 10.1. The third-order valence-electron chi connectivity index (χ3n) is 3.43. The molecule has 1 saturated carbocycles. The molecule has 1 aliphatic rings. The summed E-state index contributed by atoms with van der Waals surface area (Å²) in [6.45, 7) is 0. The minimum atomic E-state index is 0.576. The van der Waals surface area contributed by atoms with Gasteiger partial charge in [0.2, 0.25) is 0 Å². The quantitative estimate of drug-likeness (QED) is 0.899. The van der Waals surface area contributed by atoms with Crippen LogP contribution in [-0.4, -0.2) is 23.6 Å². The van der Waals surface area contributed by atoms with E-state index < -0.39 is 0 Å². The van der Waals surface area contributed by atoms with Crippen LogP contribution in [0.3, 0.4) is 0 Å². The minimum Gasteiger partial charge on any atom is -0.383 e. The fourth-order valence-corrected chi connectivity index (χ4v) is 2.15. The molecule has 4 heteroatoms. The number of benzene rings is 1. The van der Waals surface area contributed by atoms with Crippen molar-refractivity contribution in [2.24, 2.45) is 0 Å². The summed E-state index contributed by atoms with van der Waals surface area (Å²) in [6, 6.07) is 8.90. The Kier molecular flexibility index (Phi) is 2.51. The van der Waals surface area contributed by atoms with E-state index in [1.54, 1.807) is 0 Å². The second-order valence-electron chi connectivity index (χ2n) is 5.06. The first-order chi connectivity index (χ1) is 8.66. The first-order valence-electron chi connectivity index (χ1n) is 6.27. The zero-order chi connectivity index (χ0) is 12.7. The Morgan fingerprint density at radius 2 is 1.89 bits per heavy atom. The van der Waals surface area contributed by atoms with Gasteiger partial charge in [0.05, 0.1) is 6.33 Å². The standard InChI is InChI=1S/C14H18N4/c1-17(2)11-5-3-10(4-6-11)13-14(15)18(9-16-13)12-7-8-12/h3-6,9,12H,7-8,15H2,1-2H3. The first kappa shape index (κ1) is 11.1. The molecular formula is C14H18N4. The van der Waals surface area contributed by atoms with Crippen LogP contribution in [0, 0.1) is 0 Å². The minimum absolute atomic E-state index is 0.576. The molecule has 1 aromatic carbocycles. The zero-order valence-corrected chi connectivity index (χ0v) is 10.8. The van der Waals surface area contributed by atoms with Crippen molar-refractivity contribution in [1.29, 1.82) is 0 Å². The fraction of sp³-hybridized carbons (Fsp3) is 0.357. The van der Waals surface area contributed by atoms with Crippen LogP contribution in [0.4, 0.5) is 11.5 Å². The molecular weight excluding hydrogens is 224 g/mol. The van der Waals surface area contributed by atoms with Gasteiger partial charge in [-0.2, -0.15) is 0 Å². The summed E-state index contributed by atoms with van der Waals surface area (Å²) in [5.41, 5.74) is 9.32. The molecule has 0 radical (unpaired) electrons. The van der Waals surface area contributed by atoms with E-state index in [0.717, 1.165) is 17.1 Å². The van der Waals surface area contributed by atoms with Crippen molar-refractivity contribution in [3.8, 4) is 11.3 Å². The highest BCUT2D eigenvalue weighted by Crippen LogP contribution is 2.39. The maximum absolute atomic E-state index is 6.16. The maximum Gasteiger partial charge on any atom is 0.131 e. The molecule has 0 unspecified atom stereocenters. The smallest absolute Gasteiger partial charge is 0.131 e. The highest BCUT2D eigenvalue weighted by molar-refractivity contribution is 5.72. The number of anilines is 2. The molecule has 0 amide bonds. The molecule has 0 spiro atoms. The monoisotopic (exact) mass is 242 g/mol. The molecule has 0 aliphatic heterocycles. The van der Waals surface area contributed by atoms with Crippen LogP contribution in [0.5, 0.6) is 0 Å². The predicted molar refractivity (Wildman–Crippen MR) is 74.7 cm³/mol. The average Bonchev–Trinajstić information content (AvgIpc) is 3.13. The highest BCUT2D eigenvalue weighted by atomic mass is 15.2. The lowest BCUT2D eigenvalue weighted by molar-refractivity contribution is 0.751. The largest absolute Gasteiger partial charge is 0.383 e. The molecule has 2 N–H and O–H groups in total. The van der Waals surface area contributed by atoms with Crippen molar-refractivity contribution in [3.05, 3.63) is 30.6 Å². The maximum atomic E-state index is 6.16. The number of hydrogen-bond acceptors (Lipinski definition) is 3. The van der Waals surface area contributed by atoms with Gasteiger partial charge in [-0.25, -0.2) is 4.98 Å². The molecule has 4 nitrogen and oxygen atoms in total. The number of rotatable bonds is 3. The van der Waals surface area contributed by atoms with Crippen LogP contribution in [0.15, 0.2) is 30.6 Å². The van der Waals surface area contributed by atoms with E-state index in [-0.39, 0.29) is 0 Å². The second-order valence-corrected chi connectivity index (χ2v) is 5.06. The van der Waals surface area contributed by atoms with Gasteiger partial charge in [0.1, 0.15) is 11.5 Å². The number of hydrogen-bond donors (Lipinski definition) is 1. The molecule has 94 valence electrons. The summed E-state index contributed by atoms with van der Waals surface area (Å²) in [4.78, 5) is 6.53. The van der Waals surface area contributed by atoms with Crippen LogP contribution >= 0.6 is 0 Å². The van der Waals surface area contributed by atoms with Gasteiger partial charge in [0.15, 0.2) is 0 Å². The summed E-state index contributed by atoms with van der Waals surface area (Å²) < 4.78 is 2.09. The molecule has 3 rings (SSSR count). The van der Waals surface area contributed by atoms with Gasteiger partial charge in [-0.3, -0.25) is 0 Å². The van der Waals surface area contributed by atoms with Crippen molar-refractivity contribution >= 4 is 11.5 Å².